The van der Waals surface area contributed by atoms with Gasteiger partial charge in [-0.05, 0) is 67.4 Å². The number of rotatable bonds is 4. The third-order valence-corrected chi connectivity index (χ3v) is 4.25. The van der Waals surface area contributed by atoms with Crippen molar-refractivity contribution in [1.82, 2.24) is 0 Å². The van der Waals surface area contributed by atoms with Crippen LogP contribution in [0.4, 0.5) is 27.6 Å². The smallest absolute Gasteiger partial charge is 0.419 e. The van der Waals surface area contributed by atoms with E-state index in [4.69, 9.17) is 4.74 Å². The number of amides is 1. The lowest BCUT2D eigenvalue weighted by Crippen LogP contribution is -2.15. The van der Waals surface area contributed by atoms with Crippen LogP contribution in [-0.4, -0.2) is 5.91 Å². The molecule has 0 unspecified atom stereocenters. The molecule has 0 heterocycles. The molecule has 0 aliphatic rings. The van der Waals surface area contributed by atoms with Gasteiger partial charge in [-0.1, -0.05) is 6.07 Å². The number of alkyl halides is 3. The second-order valence-electron chi connectivity index (χ2n) is 6.66. The van der Waals surface area contributed by atoms with Gasteiger partial charge in [-0.25, -0.2) is 8.78 Å². The van der Waals surface area contributed by atoms with Crippen LogP contribution in [-0.2, 0) is 6.18 Å². The first kappa shape index (κ1) is 21.3. The van der Waals surface area contributed by atoms with E-state index in [0.717, 1.165) is 0 Å². The Bertz CT molecular complexity index is 1070. The average molecular weight is 421 g/mol. The van der Waals surface area contributed by atoms with E-state index in [1.165, 1.54) is 30.3 Å². The third kappa shape index (κ3) is 4.76. The first-order valence-electron chi connectivity index (χ1n) is 8.77. The maximum atomic E-state index is 14.1. The van der Waals surface area contributed by atoms with Crippen LogP contribution in [0.1, 0.15) is 27.0 Å². The molecule has 0 bridgehead atoms. The number of hydrogen-bond acceptors (Lipinski definition) is 2. The van der Waals surface area contributed by atoms with Gasteiger partial charge in [0.1, 0.15) is 23.1 Å². The van der Waals surface area contributed by atoms with Crippen molar-refractivity contribution in [2.75, 3.05) is 5.32 Å². The standard InChI is InChI=1S/C22H16F5NO2/c1-12-9-13(2)20(18(24)10-12)21(29)28-15-4-6-16(7-5-15)30-19-11-14(23)3-8-17(19)22(25,26)27/h3-11H,1-2H3,(H,28,29). The molecule has 0 saturated heterocycles. The number of halogens is 5. The minimum absolute atomic E-state index is 0.00166. The summed E-state index contributed by atoms with van der Waals surface area (Å²) in [5.74, 6) is -2.88. The van der Waals surface area contributed by atoms with Crippen molar-refractivity contribution in [2.24, 2.45) is 0 Å². The predicted octanol–water partition coefficient (Wildman–Crippen LogP) is 6.65. The molecule has 0 aliphatic carbocycles. The van der Waals surface area contributed by atoms with Crippen LogP contribution in [0.3, 0.4) is 0 Å². The van der Waals surface area contributed by atoms with Gasteiger partial charge in [0.15, 0.2) is 0 Å². The van der Waals surface area contributed by atoms with E-state index in [2.05, 4.69) is 5.32 Å². The van der Waals surface area contributed by atoms with Crippen LogP contribution in [0.15, 0.2) is 54.6 Å². The molecule has 1 N–H and O–H groups in total. The largest absolute Gasteiger partial charge is 0.457 e. The number of nitrogens with one attached hydrogen (secondary N) is 1. The molecule has 0 spiro atoms. The quantitative estimate of drug-likeness (QED) is 0.479. The van der Waals surface area contributed by atoms with Crippen molar-refractivity contribution in [3.8, 4) is 11.5 Å². The van der Waals surface area contributed by atoms with Gasteiger partial charge in [0, 0.05) is 11.8 Å². The molecule has 3 rings (SSSR count). The van der Waals surface area contributed by atoms with E-state index in [-0.39, 0.29) is 17.0 Å². The number of anilines is 1. The maximum Gasteiger partial charge on any atom is 0.419 e. The molecule has 0 aromatic heterocycles. The Morgan fingerprint density at radius 1 is 0.933 bits per heavy atom. The summed E-state index contributed by atoms with van der Waals surface area (Å²) in [6, 6.07) is 10.2. The maximum absolute atomic E-state index is 14.1. The summed E-state index contributed by atoms with van der Waals surface area (Å²) in [6.07, 6.45) is -4.72. The molecule has 0 radical (unpaired) electrons. The van der Waals surface area contributed by atoms with E-state index < -0.39 is 35.0 Å². The Morgan fingerprint density at radius 2 is 1.60 bits per heavy atom. The highest BCUT2D eigenvalue weighted by molar-refractivity contribution is 6.05. The Kier molecular flexibility index (Phi) is 5.78. The lowest BCUT2D eigenvalue weighted by molar-refractivity contribution is -0.138. The Morgan fingerprint density at radius 3 is 2.20 bits per heavy atom. The number of carbonyl (C=O) groups is 1. The molecular weight excluding hydrogens is 405 g/mol. The summed E-state index contributed by atoms with van der Waals surface area (Å²) in [5, 5.41) is 2.52. The molecule has 0 fully saturated rings. The molecule has 156 valence electrons. The lowest BCUT2D eigenvalue weighted by Gasteiger charge is -2.14. The van der Waals surface area contributed by atoms with Crippen LogP contribution in [0.5, 0.6) is 11.5 Å². The first-order valence-corrected chi connectivity index (χ1v) is 8.77. The van der Waals surface area contributed by atoms with Crippen LogP contribution in [0.25, 0.3) is 0 Å². The monoisotopic (exact) mass is 421 g/mol. The normalized spacial score (nSPS) is 11.3. The summed E-state index contributed by atoms with van der Waals surface area (Å²) >= 11 is 0. The molecule has 3 aromatic rings. The van der Waals surface area contributed by atoms with Gasteiger partial charge >= 0.3 is 6.18 Å². The van der Waals surface area contributed by atoms with Gasteiger partial charge in [0.2, 0.25) is 0 Å². The fourth-order valence-corrected chi connectivity index (χ4v) is 2.94. The summed E-state index contributed by atoms with van der Waals surface area (Å²) in [5.41, 5.74) is 0.207. The summed E-state index contributed by atoms with van der Waals surface area (Å²) in [6.45, 7) is 3.32. The zero-order chi connectivity index (χ0) is 22.1. The predicted molar refractivity (Wildman–Crippen MR) is 102 cm³/mol. The van der Waals surface area contributed by atoms with Crippen molar-refractivity contribution in [3.05, 3.63) is 88.5 Å². The van der Waals surface area contributed by atoms with Gasteiger partial charge < -0.3 is 10.1 Å². The highest BCUT2D eigenvalue weighted by atomic mass is 19.4. The fraction of sp³-hybridized carbons (Fsp3) is 0.136. The second-order valence-corrected chi connectivity index (χ2v) is 6.66. The molecule has 30 heavy (non-hydrogen) atoms. The molecule has 1 amide bonds. The lowest BCUT2D eigenvalue weighted by atomic mass is 10.0. The van der Waals surface area contributed by atoms with E-state index >= 15 is 0 Å². The summed E-state index contributed by atoms with van der Waals surface area (Å²) in [7, 11) is 0. The van der Waals surface area contributed by atoms with Gasteiger partial charge in [0.05, 0.1) is 11.1 Å². The Hall–Kier alpha value is -3.42. The summed E-state index contributed by atoms with van der Waals surface area (Å²) in [4.78, 5) is 12.4. The van der Waals surface area contributed by atoms with Crippen LogP contribution in [0, 0.1) is 25.5 Å². The topological polar surface area (TPSA) is 38.3 Å². The molecule has 3 nitrogen and oxygen atoms in total. The molecule has 8 heteroatoms. The minimum atomic E-state index is -4.72. The van der Waals surface area contributed by atoms with Gasteiger partial charge in [0.25, 0.3) is 5.91 Å². The summed E-state index contributed by atoms with van der Waals surface area (Å²) < 4.78 is 71.9. The molecule has 3 aromatic carbocycles. The second kappa shape index (κ2) is 8.14. The number of carbonyl (C=O) groups excluding carboxylic acids is 1. The first-order chi connectivity index (χ1) is 14.0. The zero-order valence-corrected chi connectivity index (χ0v) is 15.9. The van der Waals surface area contributed by atoms with Crippen molar-refractivity contribution >= 4 is 11.6 Å². The van der Waals surface area contributed by atoms with Crippen LogP contribution < -0.4 is 10.1 Å². The van der Waals surface area contributed by atoms with Crippen LogP contribution >= 0.6 is 0 Å². The van der Waals surface area contributed by atoms with Crippen molar-refractivity contribution in [1.29, 1.82) is 0 Å². The molecule has 0 saturated carbocycles. The average Bonchev–Trinajstić information content (AvgIpc) is 2.61. The van der Waals surface area contributed by atoms with E-state index in [0.29, 0.717) is 29.3 Å². The van der Waals surface area contributed by atoms with E-state index in [9.17, 15) is 26.7 Å². The van der Waals surface area contributed by atoms with Crippen molar-refractivity contribution in [3.63, 3.8) is 0 Å². The zero-order valence-electron chi connectivity index (χ0n) is 15.9. The van der Waals surface area contributed by atoms with Crippen LogP contribution in [0.2, 0.25) is 0 Å². The number of hydrogen-bond donors (Lipinski definition) is 1. The van der Waals surface area contributed by atoms with E-state index in [1.807, 2.05) is 0 Å². The van der Waals surface area contributed by atoms with Gasteiger partial charge in [-0.2, -0.15) is 13.2 Å². The molecule has 0 atom stereocenters. The van der Waals surface area contributed by atoms with Gasteiger partial charge in [-0.15, -0.1) is 0 Å². The highest BCUT2D eigenvalue weighted by Crippen LogP contribution is 2.38. The molecular formula is C22H16F5NO2. The van der Waals surface area contributed by atoms with E-state index in [1.54, 1.807) is 19.9 Å². The van der Waals surface area contributed by atoms with Gasteiger partial charge in [-0.3, -0.25) is 4.79 Å². The third-order valence-electron chi connectivity index (χ3n) is 4.25. The number of aryl methyl sites for hydroxylation is 2. The highest BCUT2D eigenvalue weighted by Gasteiger charge is 2.34. The number of ether oxygens (including phenoxy) is 1. The fourth-order valence-electron chi connectivity index (χ4n) is 2.94. The minimum Gasteiger partial charge on any atom is -0.457 e. The Balaban J connectivity index is 1.78. The molecule has 0 aliphatic heterocycles. The Labute approximate surface area is 169 Å². The SMILES string of the molecule is Cc1cc(C)c(C(=O)Nc2ccc(Oc3cc(F)ccc3C(F)(F)F)cc2)c(F)c1. The number of benzene rings is 3. The van der Waals surface area contributed by atoms with Crippen molar-refractivity contribution < 1.29 is 31.5 Å². The van der Waals surface area contributed by atoms with Crippen molar-refractivity contribution in [2.45, 2.75) is 20.0 Å².